The fourth-order valence-electron chi connectivity index (χ4n) is 4.98. The van der Waals surface area contributed by atoms with Gasteiger partial charge in [0.1, 0.15) is 11.2 Å². The average molecular weight is 488 g/mol. The fourth-order valence-corrected chi connectivity index (χ4v) is 4.98. The summed E-state index contributed by atoms with van der Waals surface area (Å²) in [4.78, 5) is 14.0. The minimum absolute atomic E-state index is 0.121. The molecule has 16 nitrogen and oxygen atoms in total. The van der Waals surface area contributed by atoms with Crippen LogP contribution >= 0.6 is 0 Å². The third-order valence-corrected chi connectivity index (χ3v) is 6.22. The Morgan fingerprint density at radius 2 is 1.41 bits per heavy atom. The monoisotopic (exact) mass is 488 g/mol. The zero-order valence-electron chi connectivity index (χ0n) is 17.4. The molecule has 34 heavy (non-hydrogen) atoms. The predicted octanol–water partition coefficient (Wildman–Crippen LogP) is -3.57. The first kappa shape index (κ1) is 24.2. The molecule has 4 rings (SSSR count). The van der Waals surface area contributed by atoms with E-state index in [-0.39, 0.29) is 17.5 Å². The Balaban J connectivity index is 1.75. The highest BCUT2D eigenvalue weighted by molar-refractivity contribution is 6.10. The number of benzene rings is 1. The number of aromatic nitrogens is 2. The van der Waals surface area contributed by atoms with Crippen LogP contribution in [0.3, 0.4) is 0 Å². The Labute approximate surface area is 189 Å². The first-order chi connectivity index (χ1) is 15.5. The molecule has 2 unspecified atom stereocenters. The zero-order chi connectivity index (χ0) is 25.4. The predicted molar refractivity (Wildman–Crippen MR) is 105 cm³/mol. The number of hydrogen-bond donors (Lipinski definition) is 12. The second-order valence-corrected chi connectivity index (χ2v) is 8.62. The molecule has 188 valence electrons. The second-order valence-electron chi connectivity index (χ2n) is 8.62. The van der Waals surface area contributed by atoms with Gasteiger partial charge in [0.15, 0.2) is 17.2 Å². The van der Waals surface area contributed by atoms with Gasteiger partial charge in [0.25, 0.3) is 5.91 Å². The van der Waals surface area contributed by atoms with Crippen LogP contribution < -0.4 is 5.32 Å². The zero-order valence-corrected chi connectivity index (χ0v) is 17.4. The first-order valence-corrected chi connectivity index (χ1v) is 10.1. The number of rotatable bonds is 4. The van der Waals surface area contributed by atoms with Gasteiger partial charge in [0.05, 0.1) is 5.39 Å². The van der Waals surface area contributed by atoms with Gasteiger partial charge in [-0.2, -0.15) is 9.78 Å². The van der Waals surface area contributed by atoms with Gasteiger partial charge in [-0.1, -0.05) is 6.42 Å². The Hall–Kier alpha value is -2.96. The molecule has 12 N–H and O–H groups in total. The summed E-state index contributed by atoms with van der Waals surface area (Å²) in [6, 6.07) is -1.52. The molecule has 0 spiro atoms. The van der Waals surface area contributed by atoms with E-state index in [0.29, 0.717) is 19.3 Å². The number of nitrogens with one attached hydrogen (secondary N) is 1. The number of amides is 1. The highest BCUT2D eigenvalue weighted by Crippen LogP contribution is 2.50. The van der Waals surface area contributed by atoms with Crippen LogP contribution in [-0.2, 0) is 6.10 Å². The number of phenols is 4. The largest absolute Gasteiger partial charge is 0.504 e. The van der Waals surface area contributed by atoms with Gasteiger partial charge in [0, 0.05) is 24.9 Å². The van der Waals surface area contributed by atoms with Gasteiger partial charge < -0.3 is 61.5 Å². The van der Waals surface area contributed by atoms with Crippen molar-refractivity contribution >= 4 is 16.8 Å². The molecular formula is C18H24N4O12. The molecular weight excluding hydrogens is 464 g/mol. The number of phenolic OH excluding ortho intramolecular Hbond substituents is 4. The number of piperidine rings is 2. The van der Waals surface area contributed by atoms with Gasteiger partial charge in [-0.25, -0.2) is 4.90 Å². The van der Waals surface area contributed by atoms with Gasteiger partial charge in [-0.3, -0.25) is 4.79 Å². The molecule has 2 fully saturated rings. The quantitative estimate of drug-likeness (QED) is 0.113. The lowest BCUT2D eigenvalue weighted by Crippen LogP contribution is -2.69. The van der Waals surface area contributed by atoms with E-state index in [1.54, 1.807) is 0 Å². The number of aromatic hydroxyl groups is 4. The highest BCUT2D eigenvalue weighted by Gasteiger charge is 2.52. The van der Waals surface area contributed by atoms with E-state index >= 15 is 0 Å². The summed E-state index contributed by atoms with van der Waals surface area (Å²) in [5.41, 5.74) is -3.81. The normalized spacial score (nSPS) is 26.1. The maximum absolute atomic E-state index is 13.0. The number of carbonyl (C=O) groups excluding carboxylic acids is 1. The van der Waals surface area contributed by atoms with Crippen LogP contribution in [0.2, 0.25) is 0 Å². The molecule has 3 heterocycles. The summed E-state index contributed by atoms with van der Waals surface area (Å²) in [6.07, 6.45) is -6.17. The molecule has 2 aliphatic heterocycles. The molecule has 1 aromatic heterocycles. The number of fused-ring (bicyclic) bond motifs is 3. The Kier molecular flexibility index (Phi) is 5.35. The standard InChI is InChI=1S/C18H24N4O12/c23-11-8-9(20-22(18(32,33)34)10(8)12(24)14(26)13(11)25)15(27)19-16(28)4-6-2-1-3-7(5-16)21(6)17(29,30)31/h6-7,23-26,28-34H,1-5H2,(H,19,27). The summed E-state index contributed by atoms with van der Waals surface area (Å²) >= 11 is 0. The number of hydrogen-bond acceptors (Lipinski definition) is 14. The van der Waals surface area contributed by atoms with Gasteiger partial charge in [-0.15, -0.1) is 0 Å². The molecule has 0 radical (unpaired) electrons. The molecule has 1 amide bonds. The Bertz CT molecular complexity index is 1140. The molecule has 2 saturated heterocycles. The number of carbonyl (C=O) groups is 1. The average Bonchev–Trinajstić information content (AvgIpc) is 3.10. The van der Waals surface area contributed by atoms with E-state index in [9.17, 15) is 61.0 Å². The Morgan fingerprint density at radius 3 is 1.91 bits per heavy atom. The number of nitrogens with zero attached hydrogens (tertiary/aromatic N) is 3. The Morgan fingerprint density at radius 1 is 0.882 bits per heavy atom. The first-order valence-electron chi connectivity index (χ1n) is 10.1. The van der Waals surface area contributed by atoms with Crippen molar-refractivity contribution in [2.45, 2.75) is 62.1 Å². The molecule has 1 aromatic carbocycles. The van der Waals surface area contributed by atoms with Gasteiger partial charge in [-0.05, 0) is 12.8 Å². The smallest absolute Gasteiger partial charge is 0.389 e. The molecule has 2 atom stereocenters. The second kappa shape index (κ2) is 7.52. The van der Waals surface area contributed by atoms with Gasteiger partial charge >= 0.3 is 12.2 Å². The van der Waals surface area contributed by atoms with Crippen molar-refractivity contribution in [3.63, 3.8) is 0 Å². The van der Waals surface area contributed by atoms with Crippen LogP contribution in [0.5, 0.6) is 23.0 Å². The topological polar surface area (TPSA) is 273 Å². The van der Waals surface area contributed by atoms with Crippen LogP contribution in [-0.4, -0.2) is 101 Å². The van der Waals surface area contributed by atoms with E-state index in [1.807, 2.05) is 0 Å². The maximum atomic E-state index is 13.0. The van der Waals surface area contributed by atoms with E-state index in [0.717, 1.165) is 4.90 Å². The molecule has 2 aliphatic rings. The maximum Gasteiger partial charge on any atom is 0.389 e. The van der Waals surface area contributed by atoms with Crippen molar-refractivity contribution in [1.82, 2.24) is 20.0 Å². The number of aliphatic hydroxyl groups is 7. The summed E-state index contributed by atoms with van der Waals surface area (Å²) in [6.45, 7) is 0. The van der Waals surface area contributed by atoms with Gasteiger partial charge in [0.2, 0.25) is 11.5 Å². The third-order valence-electron chi connectivity index (χ3n) is 6.22. The lowest BCUT2D eigenvalue weighted by Gasteiger charge is -2.53. The van der Waals surface area contributed by atoms with E-state index in [2.05, 4.69) is 10.4 Å². The molecule has 2 aromatic rings. The van der Waals surface area contributed by atoms with Crippen molar-refractivity contribution in [3.05, 3.63) is 5.69 Å². The lowest BCUT2D eigenvalue weighted by atomic mass is 9.79. The van der Waals surface area contributed by atoms with Crippen LogP contribution in [0, 0.1) is 0 Å². The highest BCUT2D eigenvalue weighted by atomic mass is 16.7. The summed E-state index contributed by atoms with van der Waals surface area (Å²) < 4.78 is -0.121. The van der Waals surface area contributed by atoms with Crippen molar-refractivity contribution in [2.24, 2.45) is 0 Å². The van der Waals surface area contributed by atoms with Crippen molar-refractivity contribution in [1.29, 1.82) is 0 Å². The molecule has 0 saturated carbocycles. The minimum Gasteiger partial charge on any atom is -0.504 e. The van der Waals surface area contributed by atoms with Crippen molar-refractivity contribution in [2.75, 3.05) is 0 Å². The summed E-state index contributed by atoms with van der Waals surface area (Å²) in [7, 11) is 0. The van der Waals surface area contributed by atoms with Crippen molar-refractivity contribution < 1.29 is 61.0 Å². The summed E-state index contributed by atoms with van der Waals surface area (Å²) in [5, 5.41) is 114. The van der Waals surface area contributed by atoms with Crippen molar-refractivity contribution in [3.8, 4) is 23.0 Å². The van der Waals surface area contributed by atoms with E-state index in [4.69, 9.17) is 0 Å². The van der Waals surface area contributed by atoms with E-state index < -0.39 is 75.5 Å². The lowest BCUT2D eigenvalue weighted by molar-refractivity contribution is -0.420. The van der Waals surface area contributed by atoms with Crippen LogP contribution in [0.15, 0.2) is 0 Å². The SMILES string of the molecule is O=C(NC1(O)CC2CCCC(C1)N2C(O)(O)O)c1nn(C(O)(O)O)c2c(O)c(O)c(O)c(O)c12. The molecule has 2 bridgehead atoms. The van der Waals surface area contributed by atoms with E-state index in [1.165, 1.54) is 0 Å². The minimum atomic E-state index is -3.82. The fraction of sp³-hybridized carbons (Fsp3) is 0.556. The van der Waals surface area contributed by atoms with Crippen LogP contribution in [0.4, 0.5) is 0 Å². The third kappa shape index (κ3) is 3.75. The van der Waals surface area contributed by atoms with Crippen LogP contribution in [0.1, 0.15) is 42.6 Å². The summed E-state index contributed by atoms with van der Waals surface area (Å²) in [5.74, 6) is -6.29. The molecule has 16 heteroatoms. The molecule has 0 aliphatic carbocycles. The van der Waals surface area contributed by atoms with Crippen LogP contribution in [0.25, 0.3) is 10.9 Å².